The van der Waals surface area contributed by atoms with Crippen LogP contribution in [-0.2, 0) is 9.53 Å². The van der Waals surface area contributed by atoms with Crippen LogP contribution in [0.3, 0.4) is 0 Å². The monoisotopic (exact) mass is 248 g/mol. The topological polar surface area (TPSA) is 46.5 Å². The largest absolute Gasteiger partial charge is 0.461 e. The Hall–Kier alpha value is 0.300. The normalized spacial score (nSPS) is 13.9. The Kier molecular flexibility index (Phi) is 6.05. The average Bonchev–Trinajstić information content (AvgIpc) is 1.95. The molecule has 0 radical (unpaired) electrons. The van der Waals surface area contributed by atoms with E-state index in [-0.39, 0.29) is 13.0 Å². The number of esters is 1. The number of alkyl halides is 3. The fourth-order valence-corrected chi connectivity index (χ4v) is 0.725. The summed E-state index contributed by atoms with van der Waals surface area (Å²) in [7, 11) is 0. The van der Waals surface area contributed by atoms with Gasteiger partial charge in [0, 0.05) is 6.42 Å². The van der Waals surface area contributed by atoms with Crippen LogP contribution in [0.25, 0.3) is 0 Å². The van der Waals surface area contributed by atoms with Crippen LogP contribution >= 0.6 is 34.8 Å². The Bertz CT molecular complexity index is 165. The molecule has 0 saturated heterocycles. The van der Waals surface area contributed by atoms with Gasteiger partial charge >= 0.3 is 5.97 Å². The van der Waals surface area contributed by atoms with Crippen molar-refractivity contribution in [3.8, 4) is 0 Å². The number of carbonyl (C=O) groups excluding carboxylic acids is 1. The minimum absolute atomic E-state index is 0.123. The molecular formula is C7H11Cl3O3. The third-order valence-electron chi connectivity index (χ3n) is 1.16. The Balaban J connectivity index is 3.53. The van der Waals surface area contributed by atoms with Gasteiger partial charge in [0.25, 0.3) is 0 Å². The zero-order valence-corrected chi connectivity index (χ0v) is 9.36. The van der Waals surface area contributed by atoms with E-state index in [0.717, 1.165) is 0 Å². The quantitative estimate of drug-likeness (QED) is 0.613. The molecule has 0 aliphatic heterocycles. The maximum absolute atomic E-state index is 10.9. The van der Waals surface area contributed by atoms with Crippen molar-refractivity contribution in [1.82, 2.24) is 0 Å². The minimum atomic E-state index is -1.57. The second-order valence-corrected chi connectivity index (χ2v) is 5.18. The van der Waals surface area contributed by atoms with Crippen molar-refractivity contribution in [2.45, 2.75) is 29.7 Å². The smallest absolute Gasteiger partial charge is 0.306 e. The van der Waals surface area contributed by atoms with Crippen LogP contribution in [-0.4, -0.2) is 27.6 Å². The molecule has 0 aromatic carbocycles. The van der Waals surface area contributed by atoms with E-state index < -0.39 is 15.9 Å². The van der Waals surface area contributed by atoms with Gasteiger partial charge in [-0.2, -0.15) is 0 Å². The molecule has 0 aromatic rings. The number of hydrogen-bond acceptors (Lipinski definition) is 3. The fourth-order valence-electron chi connectivity index (χ4n) is 0.561. The summed E-state index contributed by atoms with van der Waals surface area (Å²) in [4.78, 5) is 10.9. The van der Waals surface area contributed by atoms with Crippen molar-refractivity contribution < 1.29 is 14.6 Å². The summed E-state index contributed by atoms with van der Waals surface area (Å²) >= 11 is 16.0. The van der Waals surface area contributed by atoms with Crippen molar-refractivity contribution in [2.24, 2.45) is 0 Å². The van der Waals surface area contributed by atoms with Gasteiger partial charge in [0.1, 0.15) is 6.61 Å². The zero-order valence-electron chi connectivity index (χ0n) is 7.10. The third kappa shape index (κ3) is 10.2. The molecule has 78 valence electrons. The van der Waals surface area contributed by atoms with Gasteiger partial charge in [0.15, 0.2) is 0 Å². The lowest BCUT2D eigenvalue weighted by Crippen LogP contribution is -2.18. The van der Waals surface area contributed by atoms with Crippen molar-refractivity contribution >= 4 is 40.8 Å². The van der Waals surface area contributed by atoms with Crippen LogP contribution in [0.2, 0.25) is 0 Å². The molecule has 0 heterocycles. The zero-order chi connectivity index (χ0) is 10.5. The summed E-state index contributed by atoms with van der Waals surface area (Å²) in [5, 5.41) is 8.84. The number of aliphatic hydroxyl groups excluding tert-OH is 1. The molecule has 13 heavy (non-hydrogen) atoms. The van der Waals surface area contributed by atoms with E-state index in [0.29, 0.717) is 6.42 Å². The van der Waals surface area contributed by atoms with Gasteiger partial charge in [-0.25, -0.2) is 0 Å². The standard InChI is InChI=1S/C7H11Cl3O3/c1-5(11)2-3-6(12)13-4-7(8,9)10/h5,11H,2-4H2,1H3. The van der Waals surface area contributed by atoms with E-state index in [1.807, 2.05) is 0 Å². The number of ether oxygens (including phenoxy) is 1. The minimum Gasteiger partial charge on any atom is -0.461 e. The number of carbonyl (C=O) groups is 1. The third-order valence-corrected chi connectivity index (χ3v) is 1.49. The van der Waals surface area contributed by atoms with Crippen molar-refractivity contribution in [1.29, 1.82) is 0 Å². The fraction of sp³-hybridized carbons (Fsp3) is 0.857. The average molecular weight is 250 g/mol. The van der Waals surface area contributed by atoms with Gasteiger partial charge in [0.2, 0.25) is 3.79 Å². The second-order valence-electron chi connectivity index (χ2n) is 2.66. The summed E-state index contributed by atoms with van der Waals surface area (Å²) in [5.74, 6) is -0.479. The highest BCUT2D eigenvalue weighted by molar-refractivity contribution is 6.67. The van der Waals surface area contributed by atoms with E-state index in [2.05, 4.69) is 4.74 Å². The lowest BCUT2D eigenvalue weighted by molar-refractivity contribution is -0.144. The molecule has 0 bridgehead atoms. The van der Waals surface area contributed by atoms with Crippen LogP contribution in [0, 0.1) is 0 Å². The van der Waals surface area contributed by atoms with Crippen molar-refractivity contribution in [3.05, 3.63) is 0 Å². The van der Waals surface area contributed by atoms with Crippen LogP contribution in [0.15, 0.2) is 0 Å². The Morgan fingerprint density at radius 3 is 2.46 bits per heavy atom. The van der Waals surface area contributed by atoms with Gasteiger partial charge in [-0.05, 0) is 13.3 Å². The maximum Gasteiger partial charge on any atom is 0.306 e. The molecule has 0 amide bonds. The lowest BCUT2D eigenvalue weighted by atomic mass is 10.2. The van der Waals surface area contributed by atoms with Gasteiger partial charge in [-0.1, -0.05) is 34.8 Å². The van der Waals surface area contributed by atoms with Crippen molar-refractivity contribution in [2.75, 3.05) is 6.61 Å². The summed E-state index contributed by atoms with van der Waals surface area (Å²) in [6, 6.07) is 0. The number of aliphatic hydroxyl groups is 1. The van der Waals surface area contributed by atoms with Crippen LogP contribution in [0.5, 0.6) is 0 Å². The highest BCUT2D eigenvalue weighted by Gasteiger charge is 2.21. The molecule has 1 N–H and O–H groups in total. The molecule has 1 atom stereocenters. The Labute approximate surface area is 91.9 Å². The van der Waals surface area contributed by atoms with Crippen LogP contribution in [0.1, 0.15) is 19.8 Å². The first kappa shape index (κ1) is 13.3. The van der Waals surface area contributed by atoms with Crippen LogP contribution in [0.4, 0.5) is 0 Å². The Morgan fingerprint density at radius 2 is 2.08 bits per heavy atom. The van der Waals surface area contributed by atoms with Gasteiger partial charge in [-0.3, -0.25) is 4.79 Å². The first-order valence-electron chi connectivity index (χ1n) is 3.71. The lowest BCUT2D eigenvalue weighted by Gasteiger charge is -2.11. The molecule has 3 nitrogen and oxygen atoms in total. The number of hydrogen-bond donors (Lipinski definition) is 1. The van der Waals surface area contributed by atoms with E-state index >= 15 is 0 Å². The van der Waals surface area contributed by atoms with E-state index in [1.54, 1.807) is 6.92 Å². The first-order chi connectivity index (χ1) is 5.81. The molecule has 6 heteroatoms. The molecule has 0 aromatic heterocycles. The molecule has 0 aliphatic rings. The molecule has 0 aliphatic carbocycles. The number of rotatable bonds is 4. The van der Waals surface area contributed by atoms with Crippen molar-refractivity contribution in [3.63, 3.8) is 0 Å². The highest BCUT2D eigenvalue weighted by atomic mass is 35.6. The highest BCUT2D eigenvalue weighted by Crippen LogP contribution is 2.26. The molecule has 1 unspecified atom stereocenters. The summed E-state index contributed by atoms with van der Waals surface area (Å²) in [5.41, 5.74) is 0. The van der Waals surface area contributed by atoms with E-state index in [9.17, 15) is 4.79 Å². The SMILES string of the molecule is CC(O)CCC(=O)OCC(Cl)(Cl)Cl. The predicted octanol–water partition coefficient (Wildman–Crippen LogP) is 2.06. The number of halogens is 3. The predicted molar refractivity (Wildman–Crippen MR) is 52.2 cm³/mol. The van der Waals surface area contributed by atoms with Gasteiger partial charge in [-0.15, -0.1) is 0 Å². The first-order valence-corrected chi connectivity index (χ1v) is 4.85. The molecule has 0 spiro atoms. The Morgan fingerprint density at radius 1 is 1.54 bits per heavy atom. The molecule has 0 fully saturated rings. The van der Waals surface area contributed by atoms with E-state index in [1.165, 1.54) is 0 Å². The molecule has 0 rings (SSSR count). The van der Waals surface area contributed by atoms with E-state index in [4.69, 9.17) is 39.9 Å². The second kappa shape index (κ2) is 5.91. The van der Waals surface area contributed by atoms with Gasteiger partial charge in [0.05, 0.1) is 6.10 Å². The summed E-state index contributed by atoms with van der Waals surface area (Å²) < 4.78 is 3.04. The molecular weight excluding hydrogens is 238 g/mol. The summed E-state index contributed by atoms with van der Waals surface area (Å²) in [6.45, 7) is 1.32. The summed E-state index contributed by atoms with van der Waals surface area (Å²) in [6.07, 6.45) is -0.0581. The van der Waals surface area contributed by atoms with Gasteiger partial charge < -0.3 is 9.84 Å². The maximum atomic E-state index is 10.9. The molecule has 0 saturated carbocycles. The van der Waals surface area contributed by atoms with Crippen LogP contribution < -0.4 is 0 Å².